The molecule has 0 aliphatic rings. The van der Waals surface area contributed by atoms with Gasteiger partial charge in [0.25, 0.3) is 5.91 Å². The second-order valence-electron chi connectivity index (χ2n) is 7.31. The van der Waals surface area contributed by atoms with Crippen molar-refractivity contribution in [3.63, 3.8) is 0 Å². The maximum absolute atomic E-state index is 12.8. The van der Waals surface area contributed by atoms with Gasteiger partial charge in [0.05, 0.1) is 17.6 Å². The number of aromatic nitrogens is 1. The zero-order valence-electron chi connectivity index (χ0n) is 18.1. The van der Waals surface area contributed by atoms with Gasteiger partial charge in [0.2, 0.25) is 0 Å². The number of ether oxygens (including phenoxy) is 1. The Kier molecular flexibility index (Phi) is 6.99. The molecule has 7 heteroatoms. The summed E-state index contributed by atoms with van der Waals surface area (Å²) in [6, 6.07) is 21.4. The highest BCUT2D eigenvalue weighted by molar-refractivity contribution is 7.14. The zero-order chi connectivity index (χ0) is 22.3. The maximum Gasteiger partial charge on any atom is 0.292 e. The number of thiazole rings is 1. The number of hydrogen-bond donors (Lipinski definition) is 1. The summed E-state index contributed by atoms with van der Waals surface area (Å²) in [5, 5.41) is 3.76. The highest BCUT2D eigenvalue weighted by Crippen LogP contribution is 2.32. The molecule has 0 saturated carbocycles. The maximum atomic E-state index is 12.8. The van der Waals surface area contributed by atoms with E-state index in [0.717, 1.165) is 33.2 Å². The molecule has 0 fully saturated rings. The van der Waals surface area contributed by atoms with Gasteiger partial charge in [-0.1, -0.05) is 59.4 Å². The summed E-state index contributed by atoms with van der Waals surface area (Å²) in [5.41, 5.74) is 3.95. The Morgan fingerprint density at radius 1 is 1.09 bits per heavy atom. The van der Waals surface area contributed by atoms with Crippen LogP contribution < -0.4 is 10.1 Å². The molecule has 164 valence electrons. The number of nitrogens with zero attached hydrogens (tertiary/aromatic N) is 2. The number of rotatable bonds is 8. The number of furan rings is 1. The molecule has 0 aliphatic carbocycles. The van der Waals surface area contributed by atoms with Crippen LogP contribution in [0.3, 0.4) is 0 Å². The number of para-hydroxylation sites is 1. The van der Waals surface area contributed by atoms with Crippen molar-refractivity contribution >= 4 is 27.9 Å². The van der Waals surface area contributed by atoms with E-state index in [-0.39, 0.29) is 11.7 Å². The van der Waals surface area contributed by atoms with Crippen LogP contribution in [0.25, 0.3) is 11.3 Å². The lowest BCUT2D eigenvalue weighted by Crippen LogP contribution is -2.17. The lowest BCUT2D eigenvalue weighted by atomic mass is 10.1. The monoisotopic (exact) mass is 447 g/mol. The Labute approximate surface area is 190 Å². The molecule has 0 atom stereocenters. The van der Waals surface area contributed by atoms with E-state index in [1.807, 2.05) is 30.3 Å². The van der Waals surface area contributed by atoms with Crippen LogP contribution in [0.15, 0.2) is 82.4 Å². The van der Waals surface area contributed by atoms with Crippen molar-refractivity contribution in [1.29, 1.82) is 0 Å². The number of carbonyl (C=O) groups excluding carboxylic acids is 1. The topological polar surface area (TPSA) is 68.8 Å². The third kappa shape index (κ3) is 5.07. The molecule has 0 radical (unpaired) electrons. The van der Waals surface area contributed by atoms with E-state index in [1.165, 1.54) is 23.2 Å². The normalized spacial score (nSPS) is 11.6. The van der Waals surface area contributed by atoms with Gasteiger partial charge in [-0.15, -0.1) is 0 Å². The Morgan fingerprint density at radius 2 is 1.88 bits per heavy atom. The molecule has 0 aliphatic heterocycles. The minimum absolute atomic E-state index is 0.265. The predicted octanol–water partition coefficient (Wildman–Crippen LogP) is 5.64. The van der Waals surface area contributed by atoms with E-state index in [4.69, 9.17) is 14.1 Å². The van der Waals surface area contributed by atoms with Crippen LogP contribution in [-0.2, 0) is 11.3 Å². The Hall–Kier alpha value is -3.42. The standard InChI is InChI=1S/C25H25N3O3S/c1-18-11-13-19(14-12-18)22-24(27-23(29)21-10-6-17-31-21)32-25(28(22)15-7-16-30-2)26-20-8-4-3-5-9-20/h3-6,8-14,17H,7,15-16H2,1-2H3,(H,27,29). The van der Waals surface area contributed by atoms with Gasteiger partial charge < -0.3 is 19.0 Å². The first-order valence-electron chi connectivity index (χ1n) is 10.4. The van der Waals surface area contributed by atoms with Gasteiger partial charge in [-0.25, -0.2) is 4.99 Å². The predicted molar refractivity (Wildman–Crippen MR) is 127 cm³/mol. The lowest BCUT2D eigenvalue weighted by molar-refractivity contribution is 0.0997. The molecule has 2 aromatic carbocycles. The minimum Gasteiger partial charge on any atom is -0.459 e. The molecule has 1 N–H and O–H groups in total. The van der Waals surface area contributed by atoms with Crippen LogP contribution >= 0.6 is 11.3 Å². The van der Waals surface area contributed by atoms with Crippen molar-refractivity contribution in [2.24, 2.45) is 4.99 Å². The van der Waals surface area contributed by atoms with Crippen molar-refractivity contribution in [3.05, 3.63) is 89.1 Å². The molecule has 32 heavy (non-hydrogen) atoms. The van der Waals surface area contributed by atoms with Gasteiger partial charge in [0, 0.05) is 25.8 Å². The fourth-order valence-electron chi connectivity index (χ4n) is 3.34. The second kappa shape index (κ2) is 10.3. The molecule has 2 heterocycles. The SMILES string of the molecule is COCCCn1c(-c2ccc(C)cc2)c(NC(=O)c2ccco2)sc1=Nc1ccccc1. The van der Waals surface area contributed by atoms with E-state index in [1.54, 1.807) is 19.2 Å². The van der Waals surface area contributed by atoms with Crippen LogP contribution in [0, 0.1) is 6.92 Å². The number of methoxy groups -OCH3 is 1. The molecule has 6 nitrogen and oxygen atoms in total. The molecule has 1 amide bonds. The summed E-state index contributed by atoms with van der Waals surface area (Å²) in [7, 11) is 1.70. The summed E-state index contributed by atoms with van der Waals surface area (Å²) in [6.45, 7) is 3.39. The number of hydrogen-bond acceptors (Lipinski definition) is 5. The van der Waals surface area contributed by atoms with Crippen molar-refractivity contribution in [2.75, 3.05) is 19.0 Å². The first-order valence-corrected chi connectivity index (χ1v) is 11.2. The van der Waals surface area contributed by atoms with Crippen LogP contribution in [0.5, 0.6) is 0 Å². The van der Waals surface area contributed by atoms with Gasteiger partial charge >= 0.3 is 0 Å². The van der Waals surface area contributed by atoms with E-state index in [9.17, 15) is 4.79 Å². The van der Waals surface area contributed by atoms with Gasteiger partial charge in [-0.05, 0) is 37.6 Å². The van der Waals surface area contributed by atoms with Crippen LogP contribution in [0.2, 0.25) is 0 Å². The summed E-state index contributed by atoms with van der Waals surface area (Å²) >= 11 is 1.45. The Bertz CT molecular complexity index is 1220. The van der Waals surface area contributed by atoms with E-state index >= 15 is 0 Å². The number of carbonyl (C=O) groups is 1. The fraction of sp³-hybridized carbons (Fsp3) is 0.200. The fourth-order valence-corrected chi connectivity index (χ4v) is 4.43. The highest BCUT2D eigenvalue weighted by atomic mass is 32.1. The van der Waals surface area contributed by atoms with Crippen molar-refractivity contribution in [1.82, 2.24) is 4.57 Å². The van der Waals surface area contributed by atoms with Crippen LogP contribution in [0.1, 0.15) is 22.5 Å². The molecular weight excluding hydrogens is 422 g/mol. The number of aryl methyl sites for hydroxylation is 1. The number of anilines is 1. The van der Waals surface area contributed by atoms with E-state index in [0.29, 0.717) is 13.2 Å². The zero-order valence-corrected chi connectivity index (χ0v) is 18.9. The quantitative estimate of drug-likeness (QED) is 0.356. The highest BCUT2D eigenvalue weighted by Gasteiger charge is 2.19. The third-order valence-electron chi connectivity index (χ3n) is 4.92. The third-order valence-corrected chi connectivity index (χ3v) is 5.91. The van der Waals surface area contributed by atoms with Crippen LogP contribution in [-0.4, -0.2) is 24.2 Å². The molecule has 0 spiro atoms. The molecule has 0 unspecified atom stereocenters. The average molecular weight is 448 g/mol. The largest absolute Gasteiger partial charge is 0.459 e. The van der Waals surface area contributed by atoms with E-state index in [2.05, 4.69) is 41.1 Å². The van der Waals surface area contributed by atoms with Crippen molar-refractivity contribution in [3.8, 4) is 11.3 Å². The van der Waals surface area contributed by atoms with Crippen molar-refractivity contribution < 1.29 is 13.9 Å². The van der Waals surface area contributed by atoms with E-state index < -0.39 is 0 Å². The van der Waals surface area contributed by atoms with Crippen molar-refractivity contribution in [2.45, 2.75) is 19.9 Å². The smallest absolute Gasteiger partial charge is 0.292 e. The molecule has 4 rings (SSSR count). The molecule has 0 bridgehead atoms. The lowest BCUT2D eigenvalue weighted by Gasteiger charge is -2.12. The summed E-state index contributed by atoms with van der Waals surface area (Å²) in [6.07, 6.45) is 2.31. The van der Waals surface area contributed by atoms with Gasteiger partial charge in [0.15, 0.2) is 10.6 Å². The minimum atomic E-state index is -0.292. The summed E-state index contributed by atoms with van der Waals surface area (Å²) in [5.74, 6) is -0.0272. The van der Waals surface area contributed by atoms with Crippen LogP contribution in [0.4, 0.5) is 10.7 Å². The Balaban J connectivity index is 1.86. The first-order chi connectivity index (χ1) is 15.7. The molecule has 4 aromatic rings. The number of nitrogens with one attached hydrogen (secondary N) is 1. The second-order valence-corrected chi connectivity index (χ2v) is 8.28. The average Bonchev–Trinajstić information content (AvgIpc) is 3.45. The molecule has 0 saturated heterocycles. The van der Waals surface area contributed by atoms with Gasteiger partial charge in [-0.2, -0.15) is 0 Å². The number of amides is 1. The Morgan fingerprint density at radius 3 is 2.56 bits per heavy atom. The molecule has 2 aromatic heterocycles. The van der Waals surface area contributed by atoms with Gasteiger partial charge in [-0.3, -0.25) is 4.79 Å². The van der Waals surface area contributed by atoms with Gasteiger partial charge in [0.1, 0.15) is 5.00 Å². The summed E-state index contributed by atoms with van der Waals surface area (Å²) in [4.78, 5) is 18.5. The molecular formula is C25H25N3O3S. The number of benzene rings is 2. The first kappa shape index (κ1) is 21.8. The summed E-state index contributed by atoms with van der Waals surface area (Å²) < 4.78 is 12.7.